The number of carbonyl (C=O) groups excluding carboxylic acids is 1. The molecular formula is C27H29ClFN9O2. The van der Waals surface area contributed by atoms with Gasteiger partial charge in [-0.25, -0.2) is 14.4 Å². The molecule has 0 saturated carbocycles. The van der Waals surface area contributed by atoms with Gasteiger partial charge in [-0.1, -0.05) is 17.7 Å². The van der Waals surface area contributed by atoms with Gasteiger partial charge in [0.2, 0.25) is 5.95 Å². The first kappa shape index (κ1) is 27.4. The predicted octanol–water partition coefficient (Wildman–Crippen LogP) is 4.23. The van der Waals surface area contributed by atoms with Gasteiger partial charge in [-0.15, -0.1) is 0 Å². The van der Waals surface area contributed by atoms with Crippen molar-refractivity contribution >= 4 is 40.6 Å². The Morgan fingerprint density at radius 2 is 1.93 bits per heavy atom. The summed E-state index contributed by atoms with van der Waals surface area (Å²) in [5, 5.41) is 14.1. The molecule has 40 heavy (non-hydrogen) atoms. The van der Waals surface area contributed by atoms with Crippen LogP contribution in [0.15, 0.2) is 55.1 Å². The average Bonchev–Trinajstić information content (AvgIpc) is 3.44. The van der Waals surface area contributed by atoms with E-state index in [9.17, 15) is 9.18 Å². The first-order valence-corrected chi connectivity index (χ1v) is 13.2. The first-order valence-electron chi connectivity index (χ1n) is 12.8. The Hall–Kier alpha value is -4.13. The number of rotatable bonds is 10. The Morgan fingerprint density at radius 1 is 1.07 bits per heavy atom. The van der Waals surface area contributed by atoms with E-state index >= 15 is 0 Å². The van der Waals surface area contributed by atoms with Crippen LogP contribution in [0.3, 0.4) is 0 Å². The van der Waals surface area contributed by atoms with Gasteiger partial charge in [0.15, 0.2) is 5.82 Å². The molecule has 1 aliphatic heterocycles. The zero-order valence-electron chi connectivity index (χ0n) is 21.9. The van der Waals surface area contributed by atoms with Crippen molar-refractivity contribution in [2.24, 2.45) is 0 Å². The van der Waals surface area contributed by atoms with E-state index < -0.39 is 6.67 Å². The van der Waals surface area contributed by atoms with Crippen molar-refractivity contribution in [2.75, 3.05) is 55.3 Å². The smallest absolute Gasteiger partial charge is 0.255 e. The van der Waals surface area contributed by atoms with Crippen molar-refractivity contribution < 1.29 is 13.9 Å². The van der Waals surface area contributed by atoms with Crippen LogP contribution in [0.25, 0.3) is 5.82 Å². The average molecular weight is 566 g/mol. The zero-order chi connectivity index (χ0) is 27.9. The molecule has 208 valence electrons. The minimum Gasteiger partial charge on any atom is -0.379 e. The molecule has 0 aliphatic carbocycles. The van der Waals surface area contributed by atoms with Gasteiger partial charge in [0.05, 0.1) is 13.2 Å². The van der Waals surface area contributed by atoms with Crippen LogP contribution in [0.1, 0.15) is 21.5 Å². The first-order chi connectivity index (χ1) is 19.5. The third-order valence-electron chi connectivity index (χ3n) is 6.45. The minimum atomic E-state index is -0.752. The summed E-state index contributed by atoms with van der Waals surface area (Å²) in [6.45, 7) is 6.19. The number of morpholine rings is 1. The summed E-state index contributed by atoms with van der Waals surface area (Å²) >= 11 is 5.97. The van der Waals surface area contributed by atoms with E-state index in [0.717, 1.165) is 45.0 Å². The number of benzene rings is 2. The molecule has 0 atom stereocenters. The summed E-state index contributed by atoms with van der Waals surface area (Å²) in [5.41, 5.74) is 2.76. The summed E-state index contributed by atoms with van der Waals surface area (Å²) in [5.74, 6) is 1.28. The number of nitrogens with one attached hydrogen (secondary N) is 3. The van der Waals surface area contributed by atoms with E-state index in [1.807, 2.05) is 13.0 Å². The van der Waals surface area contributed by atoms with E-state index in [0.29, 0.717) is 34.5 Å². The number of carbonyl (C=O) groups is 1. The van der Waals surface area contributed by atoms with Crippen LogP contribution in [-0.2, 0) is 11.4 Å². The van der Waals surface area contributed by atoms with Gasteiger partial charge in [-0.05, 0) is 42.8 Å². The molecule has 0 spiro atoms. The van der Waals surface area contributed by atoms with Crippen LogP contribution in [0.4, 0.5) is 27.5 Å². The number of aryl methyl sites for hydroxylation is 1. The number of aromatic nitrogens is 5. The summed E-state index contributed by atoms with van der Waals surface area (Å²) < 4.78 is 20.2. The highest BCUT2D eigenvalue weighted by molar-refractivity contribution is 6.31. The van der Waals surface area contributed by atoms with Crippen LogP contribution >= 0.6 is 11.6 Å². The topological polar surface area (TPSA) is 122 Å². The Labute approximate surface area is 235 Å². The molecule has 1 aliphatic rings. The number of hydrogen-bond donors (Lipinski definition) is 3. The molecule has 3 heterocycles. The quantitative estimate of drug-likeness (QED) is 0.259. The van der Waals surface area contributed by atoms with Crippen molar-refractivity contribution in [1.82, 2.24) is 29.6 Å². The fourth-order valence-corrected chi connectivity index (χ4v) is 4.37. The predicted molar refractivity (Wildman–Crippen MR) is 151 cm³/mol. The summed E-state index contributed by atoms with van der Waals surface area (Å²) in [6, 6.07) is 11.8. The number of amides is 1. The molecule has 11 nitrogen and oxygen atoms in total. The largest absolute Gasteiger partial charge is 0.379 e. The van der Waals surface area contributed by atoms with Crippen LogP contribution in [0.2, 0.25) is 5.02 Å². The lowest BCUT2D eigenvalue weighted by Gasteiger charge is -2.26. The Kier molecular flexibility index (Phi) is 8.79. The molecule has 0 unspecified atom stereocenters. The Morgan fingerprint density at radius 3 is 2.75 bits per heavy atom. The number of ether oxygens (including phenoxy) is 1. The normalized spacial score (nSPS) is 13.7. The number of halogens is 2. The van der Waals surface area contributed by atoms with Gasteiger partial charge in [0.25, 0.3) is 5.91 Å². The van der Waals surface area contributed by atoms with E-state index in [1.54, 1.807) is 28.9 Å². The van der Waals surface area contributed by atoms with E-state index in [1.165, 1.54) is 24.8 Å². The Balaban J connectivity index is 1.27. The van der Waals surface area contributed by atoms with Crippen LogP contribution in [0.5, 0.6) is 0 Å². The van der Waals surface area contributed by atoms with E-state index in [-0.39, 0.29) is 16.5 Å². The molecule has 13 heteroatoms. The highest BCUT2D eigenvalue weighted by Crippen LogP contribution is 2.25. The molecule has 5 rings (SSSR count). The van der Waals surface area contributed by atoms with E-state index in [2.05, 4.69) is 40.9 Å². The fraction of sp³-hybridized carbons (Fsp3) is 0.296. The van der Waals surface area contributed by atoms with Crippen molar-refractivity contribution in [3.8, 4) is 5.82 Å². The third-order valence-corrected chi connectivity index (χ3v) is 6.82. The van der Waals surface area contributed by atoms with Crippen molar-refractivity contribution in [1.29, 1.82) is 0 Å². The number of alkyl halides is 1. The van der Waals surface area contributed by atoms with Gasteiger partial charge >= 0.3 is 0 Å². The molecule has 4 aromatic rings. The van der Waals surface area contributed by atoms with Crippen LogP contribution in [0, 0.1) is 6.92 Å². The van der Waals surface area contributed by atoms with Gasteiger partial charge < -0.3 is 20.7 Å². The molecular weight excluding hydrogens is 537 g/mol. The monoisotopic (exact) mass is 565 g/mol. The lowest BCUT2D eigenvalue weighted by Crippen LogP contribution is -2.39. The highest BCUT2D eigenvalue weighted by atomic mass is 35.5. The molecule has 0 bridgehead atoms. The van der Waals surface area contributed by atoms with Crippen LogP contribution in [-0.4, -0.2) is 74.9 Å². The SMILES string of the molecule is Cc1ccc(NC(=O)c2ccc(Cl)c(CF)c2)cc1Nc1ncnn1-c1cc(NCCN2CCOCC2)ncn1. The molecule has 1 saturated heterocycles. The molecule has 2 aromatic heterocycles. The third kappa shape index (κ3) is 6.71. The van der Waals surface area contributed by atoms with Gasteiger partial charge in [0.1, 0.15) is 25.1 Å². The number of anilines is 4. The van der Waals surface area contributed by atoms with Crippen molar-refractivity contribution in [2.45, 2.75) is 13.6 Å². The van der Waals surface area contributed by atoms with Gasteiger partial charge in [-0.3, -0.25) is 9.69 Å². The number of hydrogen-bond acceptors (Lipinski definition) is 9. The van der Waals surface area contributed by atoms with Gasteiger partial charge in [-0.2, -0.15) is 14.8 Å². The fourth-order valence-electron chi connectivity index (χ4n) is 4.20. The maximum atomic E-state index is 13.2. The number of nitrogens with zero attached hydrogens (tertiary/aromatic N) is 6. The van der Waals surface area contributed by atoms with Crippen molar-refractivity contribution in [3.63, 3.8) is 0 Å². The Bertz CT molecular complexity index is 1480. The second-order valence-electron chi connectivity index (χ2n) is 9.19. The second-order valence-corrected chi connectivity index (χ2v) is 9.59. The summed E-state index contributed by atoms with van der Waals surface area (Å²) in [7, 11) is 0. The standard InChI is InChI=1S/C27H29ClFN9O2/c1-18-2-4-21(35-26(39)19-3-5-22(28)20(12-19)15-29)13-23(18)36-27-33-17-34-38(27)25-14-24(31-16-32-25)30-6-7-37-8-10-40-11-9-37/h2-5,12-14,16-17H,6-11,15H2,1H3,(H,35,39)(H,30,31,32)(H,33,34,36). The molecule has 2 aromatic carbocycles. The maximum absolute atomic E-state index is 13.2. The zero-order valence-corrected chi connectivity index (χ0v) is 22.7. The molecule has 0 radical (unpaired) electrons. The lowest BCUT2D eigenvalue weighted by atomic mass is 10.1. The maximum Gasteiger partial charge on any atom is 0.255 e. The molecule has 1 fully saturated rings. The van der Waals surface area contributed by atoms with E-state index in [4.69, 9.17) is 16.3 Å². The van der Waals surface area contributed by atoms with Crippen LogP contribution < -0.4 is 16.0 Å². The minimum absolute atomic E-state index is 0.264. The lowest BCUT2D eigenvalue weighted by molar-refractivity contribution is 0.0398. The van der Waals surface area contributed by atoms with Gasteiger partial charge in [0, 0.05) is 59.8 Å². The summed E-state index contributed by atoms with van der Waals surface area (Å²) in [4.78, 5) is 28.2. The molecule has 1 amide bonds. The second kappa shape index (κ2) is 12.8. The highest BCUT2D eigenvalue weighted by Gasteiger charge is 2.14. The van der Waals surface area contributed by atoms with Crippen molar-refractivity contribution in [3.05, 3.63) is 76.8 Å². The molecule has 3 N–H and O–H groups in total. The summed E-state index contributed by atoms with van der Waals surface area (Å²) in [6.07, 6.45) is 2.91.